The molecule has 3 fully saturated rings. The number of hydrogen-bond donors (Lipinski definition) is 1. The summed E-state index contributed by atoms with van der Waals surface area (Å²) in [4.78, 5) is 0. The summed E-state index contributed by atoms with van der Waals surface area (Å²) in [5, 5.41) is 0. The van der Waals surface area contributed by atoms with Gasteiger partial charge < -0.3 is 28.4 Å². The van der Waals surface area contributed by atoms with Crippen molar-refractivity contribution in [1.29, 1.82) is 0 Å². The maximum absolute atomic E-state index is 13.6. The zero-order valence-corrected chi connectivity index (χ0v) is 28.9. The number of phosphoric acid groups is 1. The molecule has 45 heavy (non-hydrogen) atoms. The first-order valence-corrected chi connectivity index (χ1v) is 19.0. The molecule has 3 saturated heterocycles. The van der Waals surface area contributed by atoms with Crippen molar-refractivity contribution in [1.82, 2.24) is 0 Å². The van der Waals surface area contributed by atoms with Gasteiger partial charge in [-0.2, -0.15) is 4.31 Å². The summed E-state index contributed by atoms with van der Waals surface area (Å²) < 4.78 is 82.0. The van der Waals surface area contributed by atoms with Crippen molar-refractivity contribution in [3.8, 4) is 0 Å². The van der Waals surface area contributed by atoms with Gasteiger partial charge >= 0.3 is 15.6 Å². The highest BCUT2D eigenvalue weighted by molar-refractivity contribution is 7.63. The minimum Gasteiger partial charge on any atom is -0.353 e. The second-order valence-electron chi connectivity index (χ2n) is 11.4. The van der Waals surface area contributed by atoms with Crippen LogP contribution in [-0.4, -0.2) is 78.3 Å². The second kappa shape index (κ2) is 21.3. The van der Waals surface area contributed by atoms with Crippen LogP contribution in [0.1, 0.15) is 78.6 Å². The van der Waals surface area contributed by atoms with E-state index in [1.807, 2.05) is 20.8 Å². The quantitative estimate of drug-likeness (QED) is 0.107. The minimum atomic E-state index is -4.43. The van der Waals surface area contributed by atoms with Gasteiger partial charge in [0.05, 0.1) is 39.6 Å². The molecule has 260 valence electrons. The second-order valence-corrected chi connectivity index (χ2v) is 14.8. The van der Waals surface area contributed by atoms with Crippen molar-refractivity contribution in [2.45, 2.75) is 97.4 Å². The average Bonchev–Trinajstić information content (AvgIpc) is 3.03. The fraction of sp³-hybridized carbons (Fsp3) is 0.800. The topological polar surface area (TPSA) is 152 Å². The van der Waals surface area contributed by atoms with Crippen molar-refractivity contribution in [3.05, 3.63) is 34.9 Å². The molecule has 0 aromatic carbocycles. The molecule has 13 nitrogen and oxygen atoms in total. The van der Waals surface area contributed by atoms with Crippen LogP contribution in [0.5, 0.6) is 0 Å². The van der Waals surface area contributed by atoms with Crippen LogP contribution in [-0.2, 0) is 55.4 Å². The molecule has 0 amide bonds. The van der Waals surface area contributed by atoms with E-state index >= 15 is 0 Å². The zero-order valence-electron chi connectivity index (χ0n) is 27.1. The van der Waals surface area contributed by atoms with E-state index < -0.39 is 15.6 Å². The zero-order chi connectivity index (χ0) is 32.4. The Morgan fingerprint density at radius 3 is 1.31 bits per heavy atom. The Kier molecular flexibility index (Phi) is 18.3. The summed E-state index contributed by atoms with van der Waals surface area (Å²) in [6.45, 7) is 8.03. The highest BCUT2D eigenvalue weighted by Crippen LogP contribution is 2.61. The van der Waals surface area contributed by atoms with Crippen molar-refractivity contribution in [2.24, 2.45) is 5.50 Å². The largest absolute Gasteiger partial charge is 0.483 e. The molecule has 3 aliphatic heterocycles. The molecule has 4 unspecified atom stereocenters. The Morgan fingerprint density at radius 1 is 0.622 bits per heavy atom. The fourth-order valence-corrected chi connectivity index (χ4v) is 7.00. The van der Waals surface area contributed by atoms with Crippen molar-refractivity contribution in [2.75, 3.05) is 59.5 Å². The van der Waals surface area contributed by atoms with E-state index in [1.165, 1.54) is 0 Å². The summed E-state index contributed by atoms with van der Waals surface area (Å²) in [6.07, 6.45) is 13.1. The standard InChI is InChI=1S/C30H53NO12P2/c1-25(22-37-28-10-4-7-16-34-28)13-19-40-44(31,32)43-45(33,41-20-14-26(2)23-38-29-11-5-8-17-35-29)42-21-15-27(3)24-39-30-12-6-9-18-36-30/h13-15,28-30H,4-12,16-24H2,1-3H3,(H2,31,32)/b25-13+,26-14+,27-15+. The maximum Gasteiger partial charge on any atom is 0.483 e. The first-order valence-electron chi connectivity index (χ1n) is 15.9. The first kappa shape index (κ1) is 38.7. The smallest absolute Gasteiger partial charge is 0.353 e. The fourth-order valence-electron chi connectivity index (χ4n) is 4.45. The van der Waals surface area contributed by atoms with E-state index in [-0.39, 0.29) is 38.7 Å². The molecule has 0 aliphatic carbocycles. The van der Waals surface area contributed by atoms with E-state index in [0.29, 0.717) is 39.6 Å². The normalized spacial score (nSPS) is 26.8. The van der Waals surface area contributed by atoms with Crippen LogP contribution in [0.25, 0.3) is 0 Å². The number of rotatable bonds is 20. The van der Waals surface area contributed by atoms with Crippen LogP contribution in [0.3, 0.4) is 0 Å². The van der Waals surface area contributed by atoms with Gasteiger partial charge in [0, 0.05) is 19.8 Å². The molecule has 3 heterocycles. The molecule has 3 rings (SSSR count). The summed E-state index contributed by atoms with van der Waals surface area (Å²) in [7, 11) is -8.79. The Balaban J connectivity index is 1.51. The maximum atomic E-state index is 13.6. The molecule has 0 aromatic rings. The lowest BCUT2D eigenvalue weighted by atomic mass is 10.2. The van der Waals surface area contributed by atoms with Gasteiger partial charge in [-0.15, -0.1) is 0 Å². The monoisotopic (exact) mass is 681 g/mol. The lowest BCUT2D eigenvalue weighted by Gasteiger charge is -2.23. The minimum absolute atomic E-state index is 0.159. The lowest BCUT2D eigenvalue weighted by molar-refractivity contribution is -0.157. The lowest BCUT2D eigenvalue weighted by Crippen LogP contribution is -2.23. The number of phosphoric ester groups is 1. The van der Waals surface area contributed by atoms with Gasteiger partial charge in [-0.25, -0.2) is 14.6 Å². The van der Waals surface area contributed by atoms with Crippen LogP contribution >= 0.6 is 15.6 Å². The SMILES string of the molecule is C/C(=C\COP(N)(=O)OP(=O)(OC/C=C(\C)COC1CCCCO1)OC/C=C(\C)COC1CCCCO1)COC1CCCCO1. The highest BCUT2D eigenvalue weighted by atomic mass is 31.3. The van der Waals surface area contributed by atoms with Crippen LogP contribution < -0.4 is 5.50 Å². The number of nitrogens with two attached hydrogens (primary N) is 1. The van der Waals surface area contributed by atoms with Gasteiger partial charge in [-0.05, 0) is 95.3 Å². The molecule has 4 atom stereocenters. The molecule has 0 radical (unpaired) electrons. The van der Waals surface area contributed by atoms with Gasteiger partial charge in [0.2, 0.25) is 0 Å². The molecule has 0 aromatic heterocycles. The molecular weight excluding hydrogens is 628 g/mol. The summed E-state index contributed by atoms with van der Waals surface area (Å²) in [5.74, 6) is 0. The van der Waals surface area contributed by atoms with E-state index in [0.717, 1.165) is 74.5 Å². The van der Waals surface area contributed by atoms with E-state index in [1.54, 1.807) is 18.2 Å². The Labute approximate surface area is 268 Å². The van der Waals surface area contributed by atoms with Crippen LogP contribution in [0.2, 0.25) is 0 Å². The first-order chi connectivity index (χ1) is 21.6. The Morgan fingerprint density at radius 2 is 0.978 bits per heavy atom. The molecule has 3 aliphatic rings. The third-order valence-electron chi connectivity index (χ3n) is 7.13. The number of ether oxygens (including phenoxy) is 6. The molecular formula is C30H53NO12P2. The molecule has 0 saturated carbocycles. The van der Waals surface area contributed by atoms with Crippen molar-refractivity contribution >= 4 is 15.6 Å². The van der Waals surface area contributed by atoms with Gasteiger partial charge in [0.25, 0.3) is 0 Å². The molecule has 0 spiro atoms. The Bertz CT molecular complexity index is 988. The van der Waals surface area contributed by atoms with Gasteiger partial charge in [-0.3, -0.25) is 13.6 Å². The van der Waals surface area contributed by atoms with E-state index in [9.17, 15) is 9.13 Å². The third kappa shape index (κ3) is 17.3. The van der Waals surface area contributed by atoms with E-state index in [4.69, 9.17) is 51.8 Å². The third-order valence-corrected chi connectivity index (χ3v) is 10.3. The van der Waals surface area contributed by atoms with Crippen LogP contribution in [0.15, 0.2) is 34.9 Å². The van der Waals surface area contributed by atoms with Crippen molar-refractivity contribution in [3.63, 3.8) is 0 Å². The summed E-state index contributed by atoms with van der Waals surface area (Å²) in [5.41, 5.74) is 8.27. The van der Waals surface area contributed by atoms with Crippen LogP contribution in [0, 0.1) is 0 Å². The van der Waals surface area contributed by atoms with E-state index in [2.05, 4.69) is 0 Å². The summed E-state index contributed by atoms with van der Waals surface area (Å²) in [6, 6.07) is 0. The average molecular weight is 682 g/mol. The van der Waals surface area contributed by atoms with Gasteiger partial charge in [-0.1, -0.05) is 18.2 Å². The van der Waals surface area contributed by atoms with Gasteiger partial charge in [0.15, 0.2) is 18.9 Å². The Hall–Kier alpha value is -0.760. The molecule has 15 heteroatoms. The van der Waals surface area contributed by atoms with Crippen LogP contribution in [0.4, 0.5) is 0 Å². The highest BCUT2D eigenvalue weighted by Gasteiger charge is 2.36. The van der Waals surface area contributed by atoms with Gasteiger partial charge in [0.1, 0.15) is 0 Å². The predicted molar refractivity (Wildman–Crippen MR) is 168 cm³/mol. The summed E-state index contributed by atoms with van der Waals surface area (Å²) >= 11 is 0. The molecule has 0 bridgehead atoms. The predicted octanol–water partition coefficient (Wildman–Crippen LogP) is 6.70. The van der Waals surface area contributed by atoms with Crippen molar-refractivity contribution < 1.29 is 55.4 Å². The molecule has 2 N–H and O–H groups in total. The number of hydrogen-bond acceptors (Lipinski definition) is 12.